The number of pyridine rings is 2. The van der Waals surface area contributed by atoms with Crippen LogP contribution in [-0.4, -0.2) is 28.3 Å². The molecule has 2 N–H and O–H groups in total. The molecule has 5 nitrogen and oxygen atoms in total. The number of nitrogens with one attached hydrogen (secondary N) is 1. The quantitative estimate of drug-likeness (QED) is 0.794. The van der Waals surface area contributed by atoms with Crippen molar-refractivity contribution in [3.05, 3.63) is 34.2 Å². The molecule has 5 heteroatoms. The summed E-state index contributed by atoms with van der Waals surface area (Å²) in [6, 6.07) is 3.21. The zero-order valence-corrected chi connectivity index (χ0v) is 8.86. The van der Waals surface area contributed by atoms with E-state index in [1.165, 1.54) is 6.07 Å². The SMILES string of the molecule is Cc1cc(=O)c2c(OCCO)nccc2[nH]1. The largest absolute Gasteiger partial charge is 0.475 e. The lowest BCUT2D eigenvalue weighted by molar-refractivity contribution is 0.198. The van der Waals surface area contributed by atoms with E-state index in [1.54, 1.807) is 12.3 Å². The third-order valence-electron chi connectivity index (χ3n) is 2.17. The number of ether oxygens (including phenoxy) is 1. The second-order valence-corrected chi connectivity index (χ2v) is 3.43. The summed E-state index contributed by atoms with van der Waals surface area (Å²) in [5, 5.41) is 9.09. The molecule has 2 aromatic rings. The molecule has 0 atom stereocenters. The Balaban J connectivity index is 2.62. The molecule has 0 aliphatic rings. The van der Waals surface area contributed by atoms with E-state index in [0.717, 1.165) is 5.69 Å². The highest BCUT2D eigenvalue weighted by molar-refractivity contribution is 5.83. The van der Waals surface area contributed by atoms with Crippen LogP contribution in [0.2, 0.25) is 0 Å². The van der Waals surface area contributed by atoms with Crippen molar-refractivity contribution in [2.45, 2.75) is 6.92 Å². The number of H-pyrrole nitrogens is 1. The number of aliphatic hydroxyl groups excluding tert-OH is 1. The van der Waals surface area contributed by atoms with Crippen LogP contribution in [0.15, 0.2) is 23.1 Å². The van der Waals surface area contributed by atoms with Gasteiger partial charge in [0.2, 0.25) is 5.88 Å². The van der Waals surface area contributed by atoms with Crippen molar-refractivity contribution in [3.63, 3.8) is 0 Å². The van der Waals surface area contributed by atoms with Crippen LogP contribution in [0.25, 0.3) is 10.9 Å². The molecule has 0 bridgehead atoms. The highest BCUT2D eigenvalue weighted by Gasteiger charge is 2.08. The van der Waals surface area contributed by atoms with Gasteiger partial charge in [-0.2, -0.15) is 0 Å². The van der Waals surface area contributed by atoms with Crippen molar-refractivity contribution in [2.24, 2.45) is 0 Å². The fraction of sp³-hybridized carbons (Fsp3) is 0.273. The summed E-state index contributed by atoms with van der Waals surface area (Å²) in [7, 11) is 0. The predicted octanol–water partition coefficient (Wildman–Crippen LogP) is 0.603. The Hall–Kier alpha value is -1.88. The highest BCUT2D eigenvalue weighted by atomic mass is 16.5. The number of aromatic amines is 1. The highest BCUT2D eigenvalue weighted by Crippen LogP contribution is 2.17. The van der Waals surface area contributed by atoms with Crippen LogP contribution in [0.4, 0.5) is 0 Å². The van der Waals surface area contributed by atoms with Crippen molar-refractivity contribution in [3.8, 4) is 5.88 Å². The summed E-state index contributed by atoms with van der Waals surface area (Å²) in [5.74, 6) is 0.257. The van der Waals surface area contributed by atoms with Crippen molar-refractivity contribution in [1.82, 2.24) is 9.97 Å². The molecule has 2 aromatic heterocycles. The van der Waals surface area contributed by atoms with Gasteiger partial charge in [-0.15, -0.1) is 0 Å². The number of aliphatic hydroxyl groups is 1. The number of nitrogens with zero attached hydrogens (tertiary/aromatic N) is 1. The number of hydrogen-bond acceptors (Lipinski definition) is 4. The van der Waals surface area contributed by atoms with E-state index in [1.807, 2.05) is 6.92 Å². The molecule has 2 rings (SSSR count). The molecular weight excluding hydrogens is 208 g/mol. The van der Waals surface area contributed by atoms with Crippen molar-refractivity contribution >= 4 is 10.9 Å². The number of hydrogen-bond donors (Lipinski definition) is 2. The Morgan fingerprint density at radius 1 is 1.56 bits per heavy atom. The van der Waals surface area contributed by atoms with Gasteiger partial charge in [-0.3, -0.25) is 4.79 Å². The van der Waals surface area contributed by atoms with E-state index in [2.05, 4.69) is 9.97 Å². The number of aryl methyl sites for hydroxylation is 1. The van der Waals surface area contributed by atoms with Gasteiger partial charge in [0.15, 0.2) is 5.43 Å². The minimum Gasteiger partial charge on any atom is -0.475 e. The van der Waals surface area contributed by atoms with Crippen LogP contribution < -0.4 is 10.2 Å². The molecule has 0 aromatic carbocycles. The van der Waals surface area contributed by atoms with E-state index < -0.39 is 0 Å². The molecule has 0 aliphatic carbocycles. The Kier molecular flexibility index (Phi) is 2.87. The lowest BCUT2D eigenvalue weighted by Gasteiger charge is -2.06. The topological polar surface area (TPSA) is 75.2 Å². The first-order chi connectivity index (χ1) is 7.72. The van der Waals surface area contributed by atoms with Gasteiger partial charge in [0.25, 0.3) is 0 Å². The molecule has 2 heterocycles. The molecule has 0 amide bonds. The van der Waals surface area contributed by atoms with Crippen LogP contribution >= 0.6 is 0 Å². The fourth-order valence-corrected chi connectivity index (χ4v) is 1.55. The Morgan fingerprint density at radius 2 is 2.38 bits per heavy atom. The molecule has 0 saturated carbocycles. The third-order valence-corrected chi connectivity index (χ3v) is 2.17. The Labute approximate surface area is 91.7 Å². The maximum absolute atomic E-state index is 11.8. The average Bonchev–Trinajstić information content (AvgIpc) is 2.25. The summed E-state index contributed by atoms with van der Waals surface area (Å²) in [6.07, 6.45) is 1.56. The van der Waals surface area contributed by atoms with Gasteiger partial charge in [0.05, 0.1) is 12.1 Å². The smallest absolute Gasteiger partial charge is 0.226 e. The fourth-order valence-electron chi connectivity index (χ4n) is 1.55. The van der Waals surface area contributed by atoms with E-state index in [4.69, 9.17) is 9.84 Å². The maximum atomic E-state index is 11.8. The van der Waals surface area contributed by atoms with Gasteiger partial charge < -0.3 is 14.8 Å². The van der Waals surface area contributed by atoms with Crippen LogP contribution in [0, 0.1) is 6.92 Å². The van der Waals surface area contributed by atoms with Crippen molar-refractivity contribution in [2.75, 3.05) is 13.2 Å². The molecule has 0 saturated heterocycles. The third kappa shape index (κ3) is 1.90. The van der Waals surface area contributed by atoms with Crippen LogP contribution in [0.3, 0.4) is 0 Å². The van der Waals surface area contributed by atoms with Gasteiger partial charge in [0, 0.05) is 18.0 Å². The Bertz CT molecular complexity index is 563. The predicted molar refractivity (Wildman–Crippen MR) is 59.7 cm³/mol. The number of aromatic nitrogens is 2. The van der Waals surface area contributed by atoms with Gasteiger partial charge >= 0.3 is 0 Å². The van der Waals surface area contributed by atoms with Crippen LogP contribution in [0.5, 0.6) is 5.88 Å². The monoisotopic (exact) mass is 220 g/mol. The Morgan fingerprint density at radius 3 is 3.12 bits per heavy atom. The number of rotatable bonds is 3. The maximum Gasteiger partial charge on any atom is 0.226 e. The van der Waals surface area contributed by atoms with E-state index in [-0.39, 0.29) is 24.5 Å². The van der Waals surface area contributed by atoms with E-state index >= 15 is 0 Å². The standard InChI is InChI=1S/C11H12N2O3/c1-7-6-9(15)10-8(13-7)2-3-12-11(10)16-5-4-14/h2-3,6,14H,4-5H2,1H3,(H,13,15). The second-order valence-electron chi connectivity index (χ2n) is 3.43. The first-order valence-electron chi connectivity index (χ1n) is 4.94. The molecule has 0 spiro atoms. The summed E-state index contributed by atoms with van der Waals surface area (Å²) in [5.41, 5.74) is 1.34. The minimum atomic E-state index is -0.132. The molecule has 16 heavy (non-hydrogen) atoms. The number of fused-ring (bicyclic) bond motifs is 1. The van der Waals surface area contributed by atoms with Gasteiger partial charge in [0.1, 0.15) is 12.0 Å². The summed E-state index contributed by atoms with van der Waals surface area (Å²) >= 11 is 0. The van der Waals surface area contributed by atoms with Crippen molar-refractivity contribution < 1.29 is 9.84 Å². The second kappa shape index (κ2) is 4.32. The summed E-state index contributed by atoms with van der Waals surface area (Å²) < 4.78 is 5.21. The minimum absolute atomic E-state index is 0.109. The first-order valence-corrected chi connectivity index (χ1v) is 4.94. The average molecular weight is 220 g/mol. The molecule has 84 valence electrons. The molecule has 0 fully saturated rings. The molecule has 0 unspecified atom stereocenters. The molecule has 0 aliphatic heterocycles. The first kappa shape index (κ1) is 10.6. The molecular formula is C11H12N2O3. The van der Waals surface area contributed by atoms with Gasteiger partial charge in [-0.05, 0) is 13.0 Å². The normalized spacial score (nSPS) is 10.6. The summed E-state index contributed by atoms with van der Waals surface area (Å²) in [6.45, 7) is 1.83. The summed E-state index contributed by atoms with van der Waals surface area (Å²) in [4.78, 5) is 18.8. The van der Waals surface area contributed by atoms with E-state index in [0.29, 0.717) is 10.9 Å². The van der Waals surface area contributed by atoms with Crippen LogP contribution in [0.1, 0.15) is 5.69 Å². The lowest BCUT2D eigenvalue weighted by atomic mass is 10.2. The molecule has 0 radical (unpaired) electrons. The van der Waals surface area contributed by atoms with Gasteiger partial charge in [-0.25, -0.2) is 4.98 Å². The van der Waals surface area contributed by atoms with Crippen LogP contribution in [-0.2, 0) is 0 Å². The zero-order chi connectivity index (χ0) is 11.5. The van der Waals surface area contributed by atoms with E-state index in [9.17, 15) is 4.79 Å². The van der Waals surface area contributed by atoms with Gasteiger partial charge in [-0.1, -0.05) is 0 Å². The lowest BCUT2D eigenvalue weighted by Crippen LogP contribution is -2.09. The van der Waals surface area contributed by atoms with Crippen molar-refractivity contribution in [1.29, 1.82) is 0 Å². The zero-order valence-electron chi connectivity index (χ0n) is 8.86.